The van der Waals surface area contributed by atoms with Crippen molar-refractivity contribution in [2.24, 2.45) is 13.0 Å². The molecule has 3 aromatic rings. The van der Waals surface area contributed by atoms with Gasteiger partial charge in [0.2, 0.25) is 0 Å². The van der Waals surface area contributed by atoms with Gasteiger partial charge >= 0.3 is 6.18 Å². The van der Waals surface area contributed by atoms with Crippen LogP contribution in [0.25, 0.3) is 0 Å². The number of amides is 1. The molecule has 1 amide bonds. The third kappa shape index (κ3) is 4.81. The summed E-state index contributed by atoms with van der Waals surface area (Å²) in [4.78, 5) is 15.1. The van der Waals surface area contributed by atoms with E-state index in [4.69, 9.17) is 4.74 Å². The molecule has 0 saturated heterocycles. The maximum Gasteiger partial charge on any atom is 0.416 e. The van der Waals surface area contributed by atoms with Crippen molar-refractivity contribution < 1.29 is 22.7 Å². The third-order valence-corrected chi connectivity index (χ3v) is 9.08. The number of hydrogen-bond acceptors (Lipinski definition) is 5. The molecule has 2 aromatic carbocycles. The summed E-state index contributed by atoms with van der Waals surface area (Å²) in [6, 6.07) is 10.4. The molecule has 1 unspecified atom stereocenters. The predicted octanol–water partition coefficient (Wildman–Crippen LogP) is 5.58. The van der Waals surface area contributed by atoms with E-state index in [1.54, 1.807) is 25.6 Å². The molecular weight excluding hydrogens is 519 g/mol. The van der Waals surface area contributed by atoms with Crippen LogP contribution in [-0.2, 0) is 31.1 Å². The van der Waals surface area contributed by atoms with E-state index in [0.29, 0.717) is 17.8 Å². The number of hydrogen-bond donors (Lipinski definition) is 1. The average molecular weight is 554 g/mol. The molecule has 10 heteroatoms. The highest BCUT2D eigenvalue weighted by molar-refractivity contribution is 6.10. The standard InChI is InChI=1S/C30H34F3N5O2/c1-29(8-5-9-29)34-15-18-10-23-24(25(11-18)30(31,32)33)16-38(28(23)39)21-7-4-6-19(12-21)26(20-13-22(14-20)40-3)27-36-35-17-37(27)2/h4,6-7,10-12,17,20,22,26,34H,5,8-9,13-16H2,1-3H3. The minimum atomic E-state index is -4.56. The summed E-state index contributed by atoms with van der Waals surface area (Å²) in [6.45, 7) is 2.25. The number of aryl methyl sites for hydroxylation is 1. The maximum atomic E-state index is 14.2. The normalized spacial score (nSPS) is 22.6. The zero-order chi connectivity index (χ0) is 28.2. The first kappa shape index (κ1) is 27.0. The summed E-state index contributed by atoms with van der Waals surface area (Å²) in [5, 5.41) is 11.8. The molecule has 212 valence electrons. The predicted molar refractivity (Wildman–Crippen MR) is 144 cm³/mol. The van der Waals surface area contributed by atoms with E-state index in [-0.39, 0.29) is 41.2 Å². The average Bonchev–Trinajstić information content (AvgIpc) is 3.45. The van der Waals surface area contributed by atoms with Gasteiger partial charge in [0.05, 0.1) is 18.2 Å². The lowest BCUT2D eigenvalue weighted by molar-refractivity contribution is -0.138. The number of aromatic nitrogens is 3. The number of carbonyl (C=O) groups is 1. The first-order chi connectivity index (χ1) is 19.1. The Morgan fingerprint density at radius 2 is 1.98 bits per heavy atom. The number of methoxy groups -OCH3 is 1. The highest BCUT2D eigenvalue weighted by Gasteiger charge is 2.42. The highest BCUT2D eigenvalue weighted by Crippen LogP contribution is 2.45. The van der Waals surface area contributed by atoms with Crippen LogP contribution in [0.4, 0.5) is 18.9 Å². The number of nitrogens with zero attached hydrogens (tertiary/aromatic N) is 4. The number of carbonyl (C=O) groups excluding carboxylic acids is 1. The Morgan fingerprint density at radius 3 is 2.60 bits per heavy atom. The first-order valence-electron chi connectivity index (χ1n) is 13.8. The minimum absolute atomic E-state index is 0.0355. The molecule has 0 bridgehead atoms. The molecule has 1 N–H and O–H groups in total. The lowest BCUT2D eigenvalue weighted by atomic mass is 9.70. The number of halogens is 3. The molecule has 40 heavy (non-hydrogen) atoms. The van der Waals surface area contributed by atoms with Crippen LogP contribution >= 0.6 is 0 Å². The van der Waals surface area contributed by atoms with Crippen molar-refractivity contribution in [3.05, 3.63) is 76.4 Å². The summed E-state index contributed by atoms with van der Waals surface area (Å²) in [5.74, 6) is 0.603. The summed E-state index contributed by atoms with van der Waals surface area (Å²) >= 11 is 0. The minimum Gasteiger partial charge on any atom is -0.381 e. The maximum absolute atomic E-state index is 14.2. The quantitative estimate of drug-likeness (QED) is 0.394. The Kier molecular flexibility index (Phi) is 6.73. The van der Waals surface area contributed by atoms with Crippen LogP contribution in [0.5, 0.6) is 0 Å². The summed E-state index contributed by atoms with van der Waals surface area (Å²) in [5.41, 5.74) is 1.37. The molecular formula is C30H34F3N5O2. The molecule has 1 aromatic heterocycles. The van der Waals surface area contributed by atoms with Crippen molar-refractivity contribution in [2.45, 2.75) is 75.9 Å². The van der Waals surface area contributed by atoms with Gasteiger partial charge < -0.3 is 19.5 Å². The van der Waals surface area contributed by atoms with Gasteiger partial charge in [0.15, 0.2) is 0 Å². The molecule has 7 nitrogen and oxygen atoms in total. The topological polar surface area (TPSA) is 72.3 Å². The van der Waals surface area contributed by atoms with E-state index in [1.807, 2.05) is 29.8 Å². The molecule has 0 spiro atoms. The number of ether oxygens (including phenoxy) is 1. The van der Waals surface area contributed by atoms with Gasteiger partial charge in [-0.2, -0.15) is 13.2 Å². The van der Waals surface area contributed by atoms with E-state index in [2.05, 4.69) is 22.4 Å². The Balaban J connectivity index is 1.32. The SMILES string of the molecule is COC1CC(C(c2cccc(N3Cc4c(cc(CNC5(C)CCC5)cc4C(F)(F)F)C3=O)c2)c2nncn2C)C1. The summed E-state index contributed by atoms with van der Waals surface area (Å²) < 4.78 is 50.0. The van der Waals surface area contributed by atoms with E-state index < -0.39 is 17.6 Å². The van der Waals surface area contributed by atoms with Crippen molar-refractivity contribution in [2.75, 3.05) is 12.0 Å². The smallest absolute Gasteiger partial charge is 0.381 e. The molecule has 2 fully saturated rings. The molecule has 1 aliphatic heterocycles. The number of rotatable bonds is 8. The van der Waals surface area contributed by atoms with Gasteiger partial charge in [-0.3, -0.25) is 4.79 Å². The van der Waals surface area contributed by atoms with Crippen LogP contribution < -0.4 is 10.2 Å². The second-order valence-electron chi connectivity index (χ2n) is 11.8. The van der Waals surface area contributed by atoms with Crippen molar-refractivity contribution in [1.29, 1.82) is 0 Å². The molecule has 2 heterocycles. The second kappa shape index (κ2) is 9.99. The lowest BCUT2D eigenvalue weighted by Crippen LogP contribution is -2.47. The second-order valence-corrected chi connectivity index (χ2v) is 11.8. The van der Waals surface area contributed by atoms with Gasteiger partial charge in [-0.15, -0.1) is 10.2 Å². The molecule has 6 rings (SSSR count). The van der Waals surface area contributed by atoms with E-state index in [0.717, 1.165) is 43.5 Å². The monoisotopic (exact) mass is 553 g/mol. The van der Waals surface area contributed by atoms with Gasteiger partial charge in [0, 0.05) is 43.4 Å². The van der Waals surface area contributed by atoms with Crippen LogP contribution in [-0.4, -0.2) is 39.4 Å². The van der Waals surface area contributed by atoms with E-state index in [1.165, 1.54) is 11.0 Å². The Bertz CT molecular complexity index is 1420. The fraction of sp³-hybridized carbons (Fsp3) is 0.500. The van der Waals surface area contributed by atoms with Crippen molar-refractivity contribution in [3.63, 3.8) is 0 Å². The van der Waals surface area contributed by atoms with Crippen molar-refractivity contribution in [1.82, 2.24) is 20.1 Å². The molecule has 3 aliphatic rings. The summed E-state index contributed by atoms with van der Waals surface area (Å²) in [6.07, 6.45) is 2.14. The van der Waals surface area contributed by atoms with Gasteiger partial charge in [-0.1, -0.05) is 12.1 Å². The zero-order valence-electron chi connectivity index (χ0n) is 23.0. The number of benzene rings is 2. The van der Waals surface area contributed by atoms with Crippen LogP contribution in [0.15, 0.2) is 42.7 Å². The van der Waals surface area contributed by atoms with Crippen LogP contribution in [0, 0.1) is 5.92 Å². The Hall–Kier alpha value is -3.24. The number of nitrogens with one attached hydrogen (secondary N) is 1. The highest BCUT2D eigenvalue weighted by atomic mass is 19.4. The largest absolute Gasteiger partial charge is 0.416 e. The third-order valence-electron chi connectivity index (χ3n) is 9.08. The molecule has 1 atom stereocenters. The van der Waals surface area contributed by atoms with Gasteiger partial charge in [-0.05, 0) is 85.9 Å². The van der Waals surface area contributed by atoms with Gasteiger partial charge in [-0.25, -0.2) is 0 Å². The Morgan fingerprint density at radius 1 is 1.20 bits per heavy atom. The number of alkyl halides is 3. The van der Waals surface area contributed by atoms with Crippen LogP contribution in [0.3, 0.4) is 0 Å². The van der Waals surface area contributed by atoms with Crippen LogP contribution in [0.2, 0.25) is 0 Å². The molecule has 2 saturated carbocycles. The lowest BCUT2D eigenvalue weighted by Gasteiger charge is -2.39. The summed E-state index contributed by atoms with van der Waals surface area (Å²) in [7, 11) is 3.61. The van der Waals surface area contributed by atoms with Gasteiger partial charge in [0.25, 0.3) is 5.91 Å². The fourth-order valence-electron chi connectivity index (χ4n) is 6.39. The molecule has 0 radical (unpaired) electrons. The van der Waals surface area contributed by atoms with E-state index in [9.17, 15) is 18.0 Å². The van der Waals surface area contributed by atoms with Crippen molar-refractivity contribution >= 4 is 11.6 Å². The fourth-order valence-corrected chi connectivity index (χ4v) is 6.39. The van der Waals surface area contributed by atoms with Crippen molar-refractivity contribution in [3.8, 4) is 0 Å². The van der Waals surface area contributed by atoms with Crippen LogP contribution in [0.1, 0.15) is 83.4 Å². The first-order valence-corrected chi connectivity index (χ1v) is 13.8. The van der Waals surface area contributed by atoms with E-state index >= 15 is 0 Å². The van der Waals surface area contributed by atoms with Gasteiger partial charge in [0.1, 0.15) is 12.2 Å². The zero-order valence-corrected chi connectivity index (χ0v) is 23.0. The Labute approximate surface area is 231 Å². The molecule has 2 aliphatic carbocycles. The number of anilines is 1. The number of fused-ring (bicyclic) bond motifs is 1.